The predicted molar refractivity (Wildman–Crippen MR) is 81.3 cm³/mol. The molecule has 0 atom stereocenters. The van der Waals surface area contributed by atoms with Gasteiger partial charge >= 0.3 is 0 Å². The molecule has 2 aliphatic carbocycles. The number of nitrogens with one attached hydrogen (secondary N) is 1. The number of aliphatic hydroxyl groups excluding tert-OH is 1. The third kappa shape index (κ3) is 3.52. The summed E-state index contributed by atoms with van der Waals surface area (Å²) in [6.07, 6.45) is 13.7. The van der Waals surface area contributed by atoms with Gasteiger partial charge in [0.1, 0.15) is 0 Å². The zero-order valence-electron chi connectivity index (χ0n) is 13.0. The van der Waals surface area contributed by atoms with Crippen LogP contribution in [0.15, 0.2) is 0 Å². The second-order valence-corrected chi connectivity index (χ2v) is 7.23. The second kappa shape index (κ2) is 6.58. The van der Waals surface area contributed by atoms with Crippen LogP contribution < -0.4 is 5.32 Å². The van der Waals surface area contributed by atoms with E-state index in [-0.39, 0.29) is 5.41 Å². The van der Waals surface area contributed by atoms with Gasteiger partial charge in [-0.25, -0.2) is 0 Å². The molecule has 1 spiro atoms. The molecule has 2 fully saturated rings. The lowest BCUT2D eigenvalue weighted by Gasteiger charge is -2.39. The first-order valence-electron chi connectivity index (χ1n) is 8.52. The topological polar surface area (TPSA) is 32.3 Å². The van der Waals surface area contributed by atoms with Crippen molar-refractivity contribution in [2.45, 2.75) is 84.1 Å². The Balaban J connectivity index is 1.76. The molecule has 0 radical (unpaired) electrons. The van der Waals surface area contributed by atoms with Gasteiger partial charge in [-0.2, -0.15) is 0 Å². The minimum atomic E-state index is 0.114. The zero-order valence-corrected chi connectivity index (χ0v) is 13.0. The molecular weight excluding hydrogens is 234 g/mol. The largest absolute Gasteiger partial charge is 0.396 e. The van der Waals surface area contributed by atoms with Gasteiger partial charge in [0.05, 0.1) is 0 Å². The van der Waals surface area contributed by atoms with E-state index in [0.717, 1.165) is 24.8 Å². The van der Waals surface area contributed by atoms with E-state index >= 15 is 0 Å². The van der Waals surface area contributed by atoms with Gasteiger partial charge in [0, 0.05) is 24.6 Å². The Kier molecular flexibility index (Phi) is 5.30. The fourth-order valence-electron chi connectivity index (χ4n) is 4.20. The summed E-state index contributed by atoms with van der Waals surface area (Å²) in [7, 11) is 0. The van der Waals surface area contributed by atoms with E-state index in [9.17, 15) is 5.11 Å². The standard InChI is InChI=1S/C17H33NO/c1-3-16(4-2,14-19)13-18-15-7-11-17(12-8-15)9-5-6-10-17/h15,18-19H,3-14H2,1-2H3. The number of aliphatic hydroxyl groups is 1. The predicted octanol–water partition coefficient (Wildman–Crippen LogP) is 3.88. The van der Waals surface area contributed by atoms with Crippen LogP contribution in [-0.4, -0.2) is 24.3 Å². The molecule has 19 heavy (non-hydrogen) atoms. The van der Waals surface area contributed by atoms with Crippen molar-refractivity contribution < 1.29 is 5.11 Å². The summed E-state index contributed by atoms with van der Waals surface area (Å²) < 4.78 is 0. The summed E-state index contributed by atoms with van der Waals surface area (Å²) in [5, 5.41) is 13.4. The molecule has 0 aliphatic heterocycles. The maximum absolute atomic E-state index is 9.63. The van der Waals surface area contributed by atoms with Gasteiger partial charge in [0.15, 0.2) is 0 Å². The smallest absolute Gasteiger partial charge is 0.0499 e. The SMILES string of the molecule is CCC(CC)(CO)CNC1CCC2(CCCC2)CC1. The van der Waals surface area contributed by atoms with Gasteiger partial charge in [0.25, 0.3) is 0 Å². The molecule has 2 N–H and O–H groups in total. The van der Waals surface area contributed by atoms with E-state index in [2.05, 4.69) is 19.2 Å². The number of hydrogen-bond acceptors (Lipinski definition) is 2. The minimum Gasteiger partial charge on any atom is -0.396 e. The van der Waals surface area contributed by atoms with Crippen molar-refractivity contribution in [1.29, 1.82) is 0 Å². The van der Waals surface area contributed by atoms with Crippen LogP contribution in [0.5, 0.6) is 0 Å². The summed E-state index contributed by atoms with van der Waals surface area (Å²) in [5.41, 5.74) is 0.851. The molecule has 2 aliphatic rings. The summed E-state index contributed by atoms with van der Waals surface area (Å²) in [4.78, 5) is 0. The van der Waals surface area contributed by atoms with Crippen LogP contribution in [0.3, 0.4) is 0 Å². The molecule has 112 valence electrons. The fraction of sp³-hybridized carbons (Fsp3) is 1.00. The highest BCUT2D eigenvalue weighted by atomic mass is 16.3. The van der Waals surface area contributed by atoms with Crippen LogP contribution in [0.4, 0.5) is 0 Å². The molecule has 0 aromatic rings. The van der Waals surface area contributed by atoms with Crippen molar-refractivity contribution in [3.63, 3.8) is 0 Å². The summed E-state index contributed by atoms with van der Waals surface area (Å²) in [6, 6.07) is 0.704. The third-order valence-electron chi connectivity index (χ3n) is 6.31. The Hall–Kier alpha value is -0.0800. The molecule has 0 aromatic carbocycles. The van der Waals surface area contributed by atoms with Crippen molar-refractivity contribution in [2.75, 3.05) is 13.2 Å². The monoisotopic (exact) mass is 267 g/mol. The maximum atomic E-state index is 9.63. The molecule has 0 unspecified atom stereocenters. The van der Waals surface area contributed by atoms with Gasteiger partial charge in [0.2, 0.25) is 0 Å². The Labute approximate surface area is 119 Å². The van der Waals surface area contributed by atoms with Gasteiger partial charge in [-0.15, -0.1) is 0 Å². The molecule has 2 rings (SSSR count). The highest BCUT2D eigenvalue weighted by Gasteiger charge is 2.37. The summed E-state index contributed by atoms with van der Waals surface area (Å²) >= 11 is 0. The highest BCUT2D eigenvalue weighted by molar-refractivity contribution is 4.92. The lowest BCUT2D eigenvalue weighted by molar-refractivity contribution is 0.0994. The molecule has 0 heterocycles. The molecule has 0 bridgehead atoms. The fourth-order valence-corrected chi connectivity index (χ4v) is 4.20. The third-order valence-corrected chi connectivity index (χ3v) is 6.31. The van der Waals surface area contributed by atoms with E-state index in [0.29, 0.717) is 12.6 Å². The molecule has 2 nitrogen and oxygen atoms in total. The molecule has 0 saturated heterocycles. The summed E-state index contributed by atoms with van der Waals surface area (Å²) in [5.74, 6) is 0. The van der Waals surface area contributed by atoms with Crippen LogP contribution in [0.1, 0.15) is 78.1 Å². The lowest BCUT2D eigenvalue weighted by atomic mass is 9.71. The first kappa shape index (κ1) is 15.3. The van der Waals surface area contributed by atoms with E-state index in [1.807, 2.05) is 0 Å². The van der Waals surface area contributed by atoms with Gasteiger partial charge in [-0.3, -0.25) is 0 Å². The molecule has 0 amide bonds. The summed E-state index contributed by atoms with van der Waals surface area (Å²) in [6.45, 7) is 5.73. The maximum Gasteiger partial charge on any atom is 0.0499 e. The van der Waals surface area contributed by atoms with Crippen molar-refractivity contribution in [3.05, 3.63) is 0 Å². The minimum absolute atomic E-state index is 0.114. The molecule has 2 heteroatoms. The van der Waals surface area contributed by atoms with Crippen LogP contribution in [-0.2, 0) is 0 Å². The van der Waals surface area contributed by atoms with Crippen LogP contribution in [0.2, 0.25) is 0 Å². The van der Waals surface area contributed by atoms with E-state index in [1.165, 1.54) is 51.4 Å². The van der Waals surface area contributed by atoms with E-state index < -0.39 is 0 Å². The van der Waals surface area contributed by atoms with Crippen molar-refractivity contribution in [1.82, 2.24) is 5.32 Å². The average molecular weight is 267 g/mol. The second-order valence-electron chi connectivity index (χ2n) is 7.23. The first-order valence-corrected chi connectivity index (χ1v) is 8.52. The molecular formula is C17H33NO. The Morgan fingerprint density at radius 3 is 2.11 bits per heavy atom. The van der Waals surface area contributed by atoms with E-state index in [4.69, 9.17) is 0 Å². The Morgan fingerprint density at radius 1 is 1.05 bits per heavy atom. The van der Waals surface area contributed by atoms with Crippen LogP contribution >= 0.6 is 0 Å². The van der Waals surface area contributed by atoms with Crippen molar-refractivity contribution in [2.24, 2.45) is 10.8 Å². The quantitative estimate of drug-likeness (QED) is 0.765. The molecule has 2 saturated carbocycles. The normalized spacial score (nSPS) is 24.2. The van der Waals surface area contributed by atoms with Gasteiger partial charge in [-0.05, 0) is 56.8 Å². The lowest BCUT2D eigenvalue weighted by Crippen LogP contribution is -2.44. The van der Waals surface area contributed by atoms with Crippen molar-refractivity contribution >= 4 is 0 Å². The van der Waals surface area contributed by atoms with Crippen LogP contribution in [0, 0.1) is 10.8 Å². The molecule has 0 aromatic heterocycles. The highest BCUT2D eigenvalue weighted by Crippen LogP contribution is 2.48. The van der Waals surface area contributed by atoms with Crippen molar-refractivity contribution in [3.8, 4) is 0 Å². The number of rotatable bonds is 6. The Morgan fingerprint density at radius 2 is 1.63 bits per heavy atom. The van der Waals surface area contributed by atoms with Crippen LogP contribution in [0.25, 0.3) is 0 Å². The van der Waals surface area contributed by atoms with Gasteiger partial charge in [-0.1, -0.05) is 26.7 Å². The average Bonchev–Trinajstić information content (AvgIpc) is 2.91. The zero-order chi connectivity index (χ0) is 13.8. The van der Waals surface area contributed by atoms with Gasteiger partial charge < -0.3 is 10.4 Å². The van der Waals surface area contributed by atoms with E-state index in [1.54, 1.807) is 0 Å². The first-order chi connectivity index (χ1) is 9.17. The Bertz CT molecular complexity index is 248. The number of hydrogen-bond donors (Lipinski definition) is 2.